The number of sulfone groups is 5. The molecule has 15 rings (SSSR count). The van der Waals surface area contributed by atoms with Crippen LogP contribution in [0, 0.1) is 0 Å². The minimum Gasteiger partial charge on any atom is -0.338 e. The number of carbonyl (C=O) groups excluding carboxylic acids is 5. The minimum atomic E-state index is -3.96. The van der Waals surface area contributed by atoms with Gasteiger partial charge in [-0.05, 0) is 214 Å². The van der Waals surface area contributed by atoms with Crippen LogP contribution >= 0.6 is 104 Å². The molecule has 0 atom stereocenters. The van der Waals surface area contributed by atoms with Crippen molar-refractivity contribution >= 4 is 210 Å². The number of hydrogen-bond donors (Lipinski definition) is 6. The number of aromatic amines is 1. The molecule has 0 unspecified atom stereocenters. The number of rotatable bonds is 25. The summed E-state index contributed by atoms with van der Waals surface area (Å²) >= 11 is 34.1. The molecule has 0 saturated heterocycles. The molecule has 0 saturated carbocycles. The molecular weight excluding hydrogens is 2000 g/mol. The maximum Gasteiger partial charge on any atom is 0.249 e. The van der Waals surface area contributed by atoms with E-state index in [0.29, 0.717) is 51.8 Å². The molecule has 0 aliphatic carbocycles. The zero-order chi connectivity index (χ0) is 97.6. The van der Waals surface area contributed by atoms with Crippen LogP contribution in [0.1, 0.15) is 69.2 Å². The van der Waals surface area contributed by atoms with E-state index in [0.717, 1.165) is 44.4 Å². The molecule has 30 nitrogen and oxygen atoms in total. The Balaban J connectivity index is 0.000000161. The molecule has 9 aromatic carbocycles. The van der Waals surface area contributed by atoms with E-state index in [2.05, 4.69) is 71.5 Å². The highest BCUT2D eigenvalue weighted by Crippen LogP contribution is 2.38. The van der Waals surface area contributed by atoms with Crippen molar-refractivity contribution in [2.75, 3.05) is 26.6 Å². The van der Waals surface area contributed by atoms with Gasteiger partial charge < -0.3 is 9.84 Å². The number of anilines is 5. The lowest BCUT2D eigenvalue weighted by atomic mass is 10.1. The van der Waals surface area contributed by atoms with Gasteiger partial charge in [-0.3, -0.25) is 50.3 Å². The van der Waals surface area contributed by atoms with Crippen LogP contribution in [0.15, 0.2) is 301 Å². The summed E-state index contributed by atoms with van der Waals surface area (Å²) in [6.45, 7) is 13.5. The molecule has 0 aliphatic heterocycles. The predicted molar refractivity (Wildman–Crippen MR) is 527 cm³/mol. The summed E-state index contributed by atoms with van der Waals surface area (Å²) in [5.41, 5.74) is 4.61. The number of aromatic nitrogens is 9. The third kappa shape index (κ3) is 24.0. The molecule has 134 heavy (non-hydrogen) atoms. The molecule has 696 valence electrons. The Morgan fingerprint density at radius 3 is 1.07 bits per heavy atom. The highest BCUT2D eigenvalue weighted by Gasteiger charge is 2.48. The van der Waals surface area contributed by atoms with Crippen molar-refractivity contribution in [1.29, 1.82) is 0 Å². The van der Waals surface area contributed by atoms with Gasteiger partial charge in [-0.25, -0.2) is 47.1 Å². The molecular formula is C90H81Cl5N14O16S9. The third-order valence-corrected chi connectivity index (χ3v) is 36.8. The third-order valence-electron chi connectivity index (χ3n) is 20.1. The number of carbonyl (C=O) groups is 5. The Hall–Kier alpha value is -11.7. The van der Waals surface area contributed by atoms with Gasteiger partial charge in [0.05, 0.1) is 35.0 Å². The van der Waals surface area contributed by atoms with Gasteiger partial charge in [0.25, 0.3) is 0 Å². The number of thiazole rings is 1. The van der Waals surface area contributed by atoms with E-state index in [4.69, 9.17) is 62.5 Å². The lowest BCUT2D eigenvalue weighted by Crippen LogP contribution is -2.44. The summed E-state index contributed by atoms with van der Waals surface area (Å²) in [5, 5.41) is 38.8. The summed E-state index contributed by atoms with van der Waals surface area (Å²) in [4.78, 5) is 77.2. The van der Waals surface area contributed by atoms with Crippen molar-refractivity contribution in [3.63, 3.8) is 0 Å². The average molecular weight is 2080 g/mol. The van der Waals surface area contributed by atoms with Gasteiger partial charge in [-0.1, -0.05) is 202 Å². The SMILES string of the molecule is CC(C)(C(=O)Nc1cc(-c2ccccc2)no1)S(=O)(=O)c1ccc(Cl)cc1.CC(C)(C(=O)Nc1n[nH]c(-c2ccccc2)n1)S(=O)(=O)c1ccc(Cl)cc1.CC(C)(C(=O)Nc1nc(-c2cccs2)cs1)S(=O)(=O)c1ccc(Cl)cc1.CC(C)(C(=O)Nc1nnc(-c2ccccc2)s1)S(=O)(=O)c1ccc(Cl)cc1.CC(C)(C(=O)Nc1nsc(-c2ccccc2)n1)S(=O)(=O)c1ccc(Cl)cc1. The topological polar surface area (TPSA) is 448 Å². The molecule has 6 aromatic heterocycles. The smallest absolute Gasteiger partial charge is 0.249 e. The molecule has 0 spiro atoms. The minimum absolute atomic E-state index is 0.00164. The van der Waals surface area contributed by atoms with E-state index >= 15 is 0 Å². The van der Waals surface area contributed by atoms with Crippen molar-refractivity contribution < 1.29 is 70.6 Å². The van der Waals surface area contributed by atoms with Crippen LogP contribution in [0.25, 0.3) is 54.4 Å². The zero-order valence-corrected chi connectivity index (χ0v) is 83.3. The van der Waals surface area contributed by atoms with Crippen molar-refractivity contribution in [1.82, 2.24) is 44.9 Å². The highest BCUT2D eigenvalue weighted by atomic mass is 35.5. The number of nitrogens with zero attached hydrogens (tertiary/aromatic N) is 8. The lowest BCUT2D eigenvalue weighted by Gasteiger charge is -2.23. The molecule has 6 N–H and O–H groups in total. The largest absolute Gasteiger partial charge is 0.338 e. The maximum absolute atomic E-state index is 12.9. The van der Waals surface area contributed by atoms with Gasteiger partial charge in [-0.2, -0.15) is 14.3 Å². The Bertz CT molecular complexity index is 6590. The summed E-state index contributed by atoms with van der Waals surface area (Å²) in [5.74, 6) is -2.91. The average Bonchev–Trinajstić information content (AvgIpc) is 1.07. The number of H-pyrrole nitrogens is 1. The molecule has 0 fully saturated rings. The second-order valence-corrected chi connectivity index (χ2v) is 49.2. The van der Waals surface area contributed by atoms with E-state index < -0.39 is 102 Å². The number of halogens is 5. The van der Waals surface area contributed by atoms with E-state index in [9.17, 15) is 66.1 Å². The highest BCUT2D eigenvalue weighted by molar-refractivity contribution is 7.95. The fourth-order valence-corrected chi connectivity index (χ4v) is 21.7. The Morgan fingerprint density at radius 1 is 0.343 bits per heavy atom. The number of nitrogens with one attached hydrogen (secondary N) is 6. The zero-order valence-electron chi connectivity index (χ0n) is 72.2. The summed E-state index contributed by atoms with van der Waals surface area (Å²) in [6.07, 6.45) is 0. The Morgan fingerprint density at radius 2 is 0.687 bits per heavy atom. The maximum atomic E-state index is 12.9. The summed E-state index contributed by atoms with van der Waals surface area (Å²) in [6, 6.07) is 71.1. The van der Waals surface area contributed by atoms with E-state index in [1.807, 2.05) is 144 Å². The van der Waals surface area contributed by atoms with Crippen molar-refractivity contribution in [2.24, 2.45) is 0 Å². The van der Waals surface area contributed by atoms with Gasteiger partial charge in [0.2, 0.25) is 52.4 Å². The fraction of sp³-hybridized carbons (Fsp3) is 0.167. The first kappa shape index (κ1) is 103. The first-order valence-electron chi connectivity index (χ1n) is 39.4. The van der Waals surface area contributed by atoms with Crippen LogP contribution in [-0.2, 0) is 73.2 Å². The standard InChI is InChI=1S/C19H17ClN2O4S.C18H17ClN4O3S.2C18H16ClN3O3S2.C17H15ClN2O3S3/c1-19(2,27(24,25)15-10-8-14(20)9-11-15)18(23)21-17-12-16(22-26-17)13-6-4-3-5-7-13;1-18(2,27(25,26)14-10-8-13(19)9-11-14)16(24)21-17-20-15(22-23-17)12-6-4-3-5-7-12;1-18(2,27(24,25)14-10-8-13(19)9-11-14)16(23)20-17-22-21-15(26-17)12-6-4-3-5-7-12;1-18(2,27(24,25)14-10-8-13(19)9-11-14)16(23)21-17-20-15(26-22-17)12-6-4-3-5-7-12;1-17(2,26(22,23)12-7-5-11(18)6-8-12)15(21)20-16-19-13(10-25-16)14-4-3-9-24-14/h3-12H,1-2H3,(H,21,23);3-11H,1-2H3,(H2,20,21,22,23,24);3-11H,1-2H3,(H,20,22,23);3-11H,1-2H3,(H,21,22,23);3-10H,1-2H3,(H,19,20,21). The normalized spacial score (nSPS) is 12.0. The van der Waals surface area contributed by atoms with Crippen LogP contribution < -0.4 is 26.6 Å². The van der Waals surface area contributed by atoms with Crippen LogP contribution in [-0.4, -0.2) is 140 Å². The van der Waals surface area contributed by atoms with Gasteiger partial charge in [-0.15, -0.1) is 38.0 Å². The fourth-order valence-electron chi connectivity index (χ4n) is 11.3. The van der Waals surface area contributed by atoms with Gasteiger partial charge in [0.1, 0.15) is 39.4 Å². The second kappa shape index (κ2) is 42.9. The van der Waals surface area contributed by atoms with Gasteiger partial charge in [0.15, 0.2) is 60.1 Å². The molecule has 6 heterocycles. The Labute approximate surface area is 813 Å². The molecule has 0 bridgehead atoms. The number of hydrogen-bond acceptors (Lipinski definition) is 28. The number of amides is 5. The van der Waals surface area contributed by atoms with Crippen LogP contribution in [0.4, 0.5) is 28.0 Å². The first-order valence-corrected chi connectivity index (χ1v) is 52.1. The molecule has 0 aliphatic rings. The van der Waals surface area contributed by atoms with E-state index in [1.54, 1.807) is 11.3 Å². The Kier molecular flexibility index (Phi) is 32.9. The van der Waals surface area contributed by atoms with E-state index in [1.165, 1.54) is 219 Å². The van der Waals surface area contributed by atoms with Gasteiger partial charge >= 0.3 is 0 Å². The lowest BCUT2D eigenvalue weighted by molar-refractivity contribution is -0.118. The second-order valence-electron chi connectivity index (χ2n) is 31.0. The number of benzene rings is 9. The quantitative estimate of drug-likeness (QED) is 0.0309. The summed E-state index contributed by atoms with van der Waals surface area (Å²) in [7, 11) is -19.7. The molecule has 44 heteroatoms. The first-order chi connectivity index (χ1) is 63.1. The van der Waals surface area contributed by atoms with Gasteiger partial charge in [0, 0.05) is 58.8 Å². The van der Waals surface area contributed by atoms with Crippen LogP contribution in [0.2, 0.25) is 25.1 Å². The molecule has 0 radical (unpaired) electrons. The predicted octanol–water partition coefficient (Wildman–Crippen LogP) is 20.3. The van der Waals surface area contributed by atoms with Crippen molar-refractivity contribution in [3.05, 3.63) is 297 Å². The molecule has 15 aromatic rings. The van der Waals surface area contributed by atoms with Crippen molar-refractivity contribution in [3.8, 4) is 54.4 Å². The number of thiophene rings is 1. The van der Waals surface area contributed by atoms with Crippen LogP contribution in [0.3, 0.4) is 0 Å². The monoisotopic (exact) mass is 2080 g/mol. The van der Waals surface area contributed by atoms with E-state index in [-0.39, 0.29) is 47.4 Å². The summed E-state index contributed by atoms with van der Waals surface area (Å²) < 4.78 is 129. The molecule has 5 amide bonds. The van der Waals surface area contributed by atoms with Crippen LogP contribution in [0.5, 0.6) is 0 Å². The van der Waals surface area contributed by atoms with Crippen molar-refractivity contribution in [2.45, 2.75) is 117 Å².